The third kappa shape index (κ3) is 5.71. The van der Waals surface area contributed by atoms with Gasteiger partial charge < -0.3 is 14.4 Å². The first-order valence-corrected chi connectivity index (χ1v) is 10.6. The molecule has 0 saturated heterocycles. The lowest BCUT2D eigenvalue weighted by molar-refractivity contribution is 0.0773. The zero-order valence-electron chi connectivity index (χ0n) is 16.3. The monoisotopic (exact) mass is 406 g/mol. The molecule has 0 aliphatic rings. The van der Waals surface area contributed by atoms with Crippen molar-refractivity contribution in [3.05, 3.63) is 54.1 Å². The zero-order chi connectivity index (χ0) is 20.6. The zero-order valence-corrected chi connectivity index (χ0v) is 17.2. The van der Waals surface area contributed by atoms with Crippen molar-refractivity contribution in [2.24, 2.45) is 0 Å². The molecule has 0 saturated carbocycles. The quantitative estimate of drug-likeness (QED) is 0.613. The van der Waals surface area contributed by atoms with Crippen LogP contribution >= 0.6 is 0 Å². The number of hydrogen-bond donors (Lipinski definition) is 1. The molecule has 0 fully saturated rings. The standard InChI is InChI=1S/C20H26N2O5S/c1-4-22(5-2)20(23)16-9-11-19(12-10-16)28(24,25)21-13-14-27-18-8-6-7-17(15-18)26-3/h6-12,15,21H,4-5,13-14H2,1-3H3. The first-order chi connectivity index (χ1) is 13.4. The average molecular weight is 407 g/mol. The van der Waals surface area contributed by atoms with Gasteiger partial charge in [-0.1, -0.05) is 6.07 Å². The molecule has 2 rings (SSSR count). The maximum absolute atomic E-state index is 12.4. The summed E-state index contributed by atoms with van der Waals surface area (Å²) in [4.78, 5) is 14.1. The number of ether oxygens (including phenoxy) is 2. The van der Waals surface area contributed by atoms with Crippen molar-refractivity contribution < 1.29 is 22.7 Å². The fraction of sp³-hybridized carbons (Fsp3) is 0.350. The highest BCUT2D eigenvalue weighted by molar-refractivity contribution is 7.89. The molecule has 1 N–H and O–H groups in total. The van der Waals surface area contributed by atoms with Gasteiger partial charge in [-0.25, -0.2) is 13.1 Å². The molecule has 2 aromatic carbocycles. The normalized spacial score (nSPS) is 11.1. The van der Waals surface area contributed by atoms with Crippen LogP contribution in [0.5, 0.6) is 11.5 Å². The first-order valence-electron chi connectivity index (χ1n) is 9.07. The second-order valence-corrected chi connectivity index (χ2v) is 7.69. The summed E-state index contributed by atoms with van der Waals surface area (Å²) in [5.41, 5.74) is 0.462. The largest absolute Gasteiger partial charge is 0.497 e. The van der Waals surface area contributed by atoms with Crippen LogP contribution in [0.15, 0.2) is 53.4 Å². The Morgan fingerprint density at radius 3 is 2.29 bits per heavy atom. The summed E-state index contributed by atoms with van der Waals surface area (Å²) in [7, 11) is -2.12. The predicted molar refractivity (Wildman–Crippen MR) is 107 cm³/mol. The number of sulfonamides is 1. The Bertz CT molecular complexity index is 878. The molecule has 0 unspecified atom stereocenters. The molecule has 152 valence electrons. The lowest BCUT2D eigenvalue weighted by atomic mass is 10.2. The Morgan fingerprint density at radius 2 is 1.68 bits per heavy atom. The van der Waals surface area contributed by atoms with Crippen molar-refractivity contribution in [2.45, 2.75) is 18.7 Å². The molecule has 0 heterocycles. The van der Waals surface area contributed by atoms with E-state index in [4.69, 9.17) is 9.47 Å². The van der Waals surface area contributed by atoms with E-state index in [9.17, 15) is 13.2 Å². The Labute approximate surface area is 166 Å². The number of hydrogen-bond acceptors (Lipinski definition) is 5. The molecule has 0 spiro atoms. The number of nitrogens with one attached hydrogen (secondary N) is 1. The van der Waals surface area contributed by atoms with Crippen LogP contribution in [-0.4, -0.2) is 52.6 Å². The van der Waals surface area contributed by atoms with E-state index in [1.807, 2.05) is 13.8 Å². The maximum atomic E-state index is 12.4. The van der Waals surface area contributed by atoms with Crippen molar-refractivity contribution in [1.29, 1.82) is 0 Å². The van der Waals surface area contributed by atoms with Crippen LogP contribution in [0, 0.1) is 0 Å². The van der Waals surface area contributed by atoms with E-state index in [2.05, 4.69) is 4.72 Å². The fourth-order valence-electron chi connectivity index (χ4n) is 2.59. The lowest BCUT2D eigenvalue weighted by Crippen LogP contribution is -2.30. The molecule has 0 aromatic heterocycles. The summed E-state index contributed by atoms with van der Waals surface area (Å²) in [6.07, 6.45) is 0. The minimum absolute atomic E-state index is 0.102. The van der Waals surface area contributed by atoms with Gasteiger partial charge in [-0.05, 0) is 50.2 Å². The van der Waals surface area contributed by atoms with Crippen LogP contribution in [0.3, 0.4) is 0 Å². The first kappa shape index (κ1) is 21.7. The van der Waals surface area contributed by atoms with E-state index in [0.717, 1.165) is 0 Å². The van der Waals surface area contributed by atoms with Gasteiger partial charge in [-0.15, -0.1) is 0 Å². The van der Waals surface area contributed by atoms with Gasteiger partial charge in [0.05, 0.1) is 12.0 Å². The van der Waals surface area contributed by atoms with E-state index < -0.39 is 10.0 Å². The lowest BCUT2D eigenvalue weighted by Gasteiger charge is -2.18. The van der Waals surface area contributed by atoms with Gasteiger partial charge in [0.1, 0.15) is 18.1 Å². The molecule has 0 radical (unpaired) electrons. The Kier molecular flexibility index (Phi) is 7.83. The third-order valence-corrected chi connectivity index (χ3v) is 5.64. The van der Waals surface area contributed by atoms with E-state index >= 15 is 0 Å². The average Bonchev–Trinajstić information content (AvgIpc) is 2.72. The smallest absolute Gasteiger partial charge is 0.253 e. The van der Waals surface area contributed by atoms with Crippen LogP contribution in [0.1, 0.15) is 24.2 Å². The number of rotatable bonds is 10. The van der Waals surface area contributed by atoms with Crippen molar-refractivity contribution in [3.63, 3.8) is 0 Å². The van der Waals surface area contributed by atoms with E-state index in [1.165, 1.54) is 24.3 Å². The van der Waals surface area contributed by atoms with Gasteiger partial charge in [0.2, 0.25) is 10.0 Å². The number of nitrogens with zero attached hydrogens (tertiary/aromatic N) is 1. The van der Waals surface area contributed by atoms with Gasteiger partial charge in [0.15, 0.2) is 0 Å². The number of amides is 1. The molecule has 2 aromatic rings. The molecule has 7 nitrogen and oxygen atoms in total. The molecule has 28 heavy (non-hydrogen) atoms. The maximum Gasteiger partial charge on any atom is 0.253 e. The van der Waals surface area contributed by atoms with Crippen LogP contribution < -0.4 is 14.2 Å². The van der Waals surface area contributed by atoms with Crippen LogP contribution in [-0.2, 0) is 10.0 Å². The topological polar surface area (TPSA) is 84.9 Å². The van der Waals surface area contributed by atoms with Gasteiger partial charge in [-0.2, -0.15) is 0 Å². The molecular weight excluding hydrogens is 380 g/mol. The minimum atomic E-state index is -3.68. The van der Waals surface area contributed by atoms with Crippen LogP contribution in [0.25, 0.3) is 0 Å². The van der Waals surface area contributed by atoms with Crippen molar-refractivity contribution in [2.75, 3.05) is 33.4 Å². The summed E-state index contributed by atoms with van der Waals surface area (Å²) in [6.45, 7) is 5.29. The molecule has 1 amide bonds. The number of carbonyl (C=O) groups excluding carboxylic acids is 1. The summed E-state index contributed by atoms with van der Waals surface area (Å²) < 4.78 is 37.9. The molecular formula is C20H26N2O5S. The summed E-state index contributed by atoms with van der Waals surface area (Å²) >= 11 is 0. The molecule has 0 bridgehead atoms. The van der Waals surface area contributed by atoms with Gasteiger partial charge in [-0.3, -0.25) is 4.79 Å². The van der Waals surface area contributed by atoms with E-state index in [0.29, 0.717) is 30.2 Å². The fourth-order valence-corrected chi connectivity index (χ4v) is 3.60. The molecule has 8 heteroatoms. The SMILES string of the molecule is CCN(CC)C(=O)c1ccc(S(=O)(=O)NCCOc2cccc(OC)c2)cc1. The Hall–Kier alpha value is -2.58. The summed E-state index contributed by atoms with van der Waals surface area (Å²) in [5.74, 6) is 1.14. The Balaban J connectivity index is 1.92. The van der Waals surface area contributed by atoms with Crippen molar-refractivity contribution >= 4 is 15.9 Å². The number of methoxy groups -OCH3 is 1. The highest BCUT2D eigenvalue weighted by Gasteiger charge is 2.16. The molecule has 0 atom stereocenters. The minimum Gasteiger partial charge on any atom is -0.497 e. The van der Waals surface area contributed by atoms with Crippen LogP contribution in [0.4, 0.5) is 0 Å². The van der Waals surface area contributed by atoms with E-state index in [-0.39, 0.29) is 24.0 Å². The van der Waals surface area contributed by atoms with Gasteiger partial charge >= 0.3 is 0 Å². The third-order valence-electron chi connectivity index (χ3n) is 4.17. The number of carbonyl (C=O) groups is 1. The Morgan fingerprint density at radius 1 is 1.04 bits per heavy atom. The van der Waals surface area contributed by atoms with Crippen molar-refractivity contribution in [1.82, 2.24) is 9.62 Å². The summed E-state index contributed by atoms with van der Waals surface area (Å²) in [6, 6.07) is 13.0. The predicted octanol–water partition coefficient (Wildman–Crippen LogP) is 2.53. The van der Waals surface area contributed by atoms with Gasteiger partial charge in [0.25, 0.3) is 5.91 Å². The highest BCUT2D eigenvalue weighted by atomic mass is 32.2. The second-order valence-electron chi connectivity index (χ2n) is 5.93. The highest BCUT2D eigenvalue weighted by Crippen LogP contribution is 2.18. The second kappa shape index (κ2) is 10.1. The number of benzene rings is 2. The summed E-state index contributed by atoms with van der Waals surface area (Å²) in [5, 5.41) is 0. The van der Waals surface area contributed by atoms with E-state index in [1.54, 1.807) is 36.3 Å². The van der Waals surface area contributed by atoms with Gasteiger partial charge in [0, 0.05) is 31.3 Å². The van der Waals surface area contributed by atoms with Crippen LogP contribution in [0.2, 0.25) is 0 Å². The molecule has 0 aliphatic heterocycles. The van der Waals surface area contributed by atoms with Crippen molar-refractivity contribution in [3.8, 4) is 11.5 Å². The molecule has 0 aliphatic carbocycles.